The second-order valence-electron chi connectivity index (χ2n) is 6.92. The molecule has 4 rings (SSSR count). The van der Waals surface area contributed by atoms with Crippen molar-refractivity contribution in [3.05, 3.63) is 55.0 Å². The fraction of sp³-hybridized carbons (Fsp3) is 0.381. The maximum atomic E-state index is 4.47. The number of aryl methyl sites for hydroxylation is 1. The third kappa shape index (κ3) is 4.08. The van der Waals surface area contributed by atoms with Crippen molar-refractivity contribution in [3.8, 4) is 0 Å². The first kappa shape index (κ1) is 18.3. The van der Waals surface area contributed by atoms with E-state index in [2.05, 4.69) is 58.9 Å². The van der Waals surface area contributed by atoms with Gasteiger partial charge in [0.15, 0.2) is 5.96 Å². The molecule has 0 saturated carbocycles. The maximum absolute atomic E-state index is 4.47. The van der Waals surface area contributed by atoms with Gasteiger partial charge in [-0.15, -0.1) is 0 Å². The molecular formula is C21H27N7. The van der Waals surface area contributed by atoms with Crippen LogP contribution in [0, 0.1) is 0 Å². The predicted octanol–water partition coefficient (Wildman–Crippen LogP) is 2.22. The lowest BCUT2D eigenvalue weighted by atomic mass is 10.3. The molecule has 0 unspecified atom stereocenters. The number of hydrogen-bond donors (Lipinski definition) is 1. The van der Waals surface area contributed by atoms with E-state index in [4.69, 9.17) is 0 Å². The van der Waals surface area contributed by atoms with Crippen LogP contribution in [0.4, 0.5) is 5.82 Å². The Kier molecular flexibility index (Phi) is 5.70. The Labute approximate surface area is 165 Å². The number of anilines is 1. The highest BCUT2D eigenvalue weighted by molar-refractivity contribution is 5.80. The first-order chi connectivity index (χ1) is 13.8. The summed E-state index contributed by atoms with van der Waals surface area (Å²) in [5.74, 6) is 2.04. The number of fused-ring (bicyclic) bond motifs is 1. The van der Waals surface area contributed by atoms with Crippen LogP contribution in [0.5, 0.6) is 0 Å². The van der Waals surface area contributed by atoms with Gasteiger partial charge in [0.1, 0.15) is 5.82 Å². The van der Waals surface area contributed by atoms with Gasteiger partial charge in [-0.3, -0.25) is 4.99 Å². The van der Waals surface area contributed by atoms with E-state index in [9.17, 15) is 0 Å². The standard InChI is InChI=1S/C21H27N7/c1-22-21(27-15-13-26(14-16-27)20-9-4-5-10-23-20)24-11-6-12-28-17-25-18-7-2-3-8-19(18)28/h2-5,7-10,17H,6,11-16H2,1H3,(H,22,24). The molecule has 0 atom stereocenters. The van der Waals surface area contributed by atoms with Crippen LogP contribution < -0.4 is 10.2 Å². The molecule has 2 aromatic heterocycles. The van der Waals surface area contributed by atoms with Gasteiger partial charge in [-0.25, -0.2) is 9.97 Å². The molecule has 1 aliphatic heterocycles. The van der Waals surface area contributed by atoms with Gasteiger partial charge in [-0.1, -0.05) is 18.2 Å². The third-order valence-corrected chi connectivity index (χ3v) is 5.15. The fourth-order valence-electron chi connectivity index (χ4n) is 3.66. The molecular weight excluding hydrogens is 350 g/mol. The molecule has 3 heterocycles. The molecule has 1 aromatic carbocycles. The first-order valence-electron chi connectivity index (χ1n) is 9.86. The minimum Gasteiger partial charge on any atom is -0.356 e. The Balaban J connectivity index is 1.24. The molecule has 0 bridgehead atoms. The molecule has 146 valence electrons. The van der Waals surface area contributed by atoms with Crippen LogP contribution in [0.25, 0.3) is 11.0 Å². The lowest BCUT2D eigenvalue weighted by Gasteiger charge is -2.37. The number of aromatic nitrogens is 3. The van der Waals surface area contributed by atoms with Crippen LogP contribution in [-0.4, -0.2) is 65.2 Å². The number of nitrogens with zero attached hydrogens (tertiary/aromatic N) is 6. The van der Waals surface area contributed by atoms with Crippen LogP contribution in [-0.2, 0) is 6.54 Å². The third-order valence-electron chi connectivity index (χ3n) is 5.15. The Morgan fingerprint density at radius 3 is 2.64 bits per heavy atom. The Bertz CT molecular complexity index is 911. The van der Waals surface area contributed by atoms with E-state index >= 15 is 0 Å². The van der Waals surface area contributed by atoms with Gasteiger partial charge in [0.25, 0.3) is 0 Å². The zero-order chi connectivity index (χ0) is 19.2. The van der Waals surface area contributed by atoms with E-state index in [1.54, 1.807) is 0 Å². The normalized spacial score (nSPS) is 15.2. The number of nitrogens with one attached hydrogen (secondary N) is 1. The van der Waals surface area contributed by atoms with Crippen molar-refractivity contribution in [2.24, 2.45) is 4.99 Å². The second-order valence-corrected chi connectivity index (χ2v) is 6.92. The Hall–Kier alpha value is -3.09. The Morgan fingerprint density at radius 1 is 1.04 bits per heavy atom. The minimum atomic E-state index is 0.889. The van der Waals surface area contributed by atoms with Crippen molar-refractivity contribution in [1.82, 2.24) is 24.8 Å². The smallest absolute Gasteiger partial charge is 0.193 e. The van der Waals surface area contributed by atoms with E-state index < -0.39 is 0 Å². The lowest BCUT2D eigenvalue weighted by molar-refractivity contribution is 0.371. The number of guanidine groups is 1. The van der Waals surface area contributed by atoms with E-state index in [-0.39, 0.29) is 0 Å². The van der Waals surface area contributed by atoms with Crippen molar-refractivity contribution in [2.75, 3.05) is 44.7 Å². The zero-order valence-electron chi connectivity index (χ0n) is 16.3. The van der Waals surface area contributed by atoms with Crippen molar-refractivity contribution in [2.45, 2.75) is 13.0 Å². The molecule has 7 nitrogen and oxygen atoms in total. The monoisotopic (exact) mass is 377 g/mol. The highest BCUT2D eigenvalue weighted by Gasteiger charge is 2.20. The highest BCUT2D eigenvalue weighted by Crippen LogP contribution is 2.13. The van der Waals surface area contributed by atoms with Crippen molar-refractivity contribution < 1.29 is 0 Å². The maximum Gasteiger partial charge on any atom is 0.193 e. The SMILES string of the molecule is CN=C(NCCCn1cnc2ccccc21)N1CCN(c2ccccn2)CC1. The van der Waals surface area contributed by atoms with Crippen LogP contribution in [0.3, 0.4) is 0 Å². The summed E-state index contributed by atoms with van der Waals surface area (Å²) in [4.78, 5) is 18.0. The van der Waals surface area contributed by atoms with Gasteiger partial charge >= 0.3 is 0 Å². The Morgan fingerprint density at radius 2 is 1.86 bits per heavy atom. The molecule has 28 heavy (non-hydrogen) atoms. The number of pyridine rings is 1. The van der Waals surface area contributed by atoms with Gasteiger partial charge in [0.2, 0.25) is 0 Å². The van der Waals surface area contributed by atoms with E-state index in [0.717, 1.165) is 63.0 Å². The number of rotatable bonds is 5. The molecule has 1 saturated heterocycles. The zero-order valence-corrected chi connectivity index (χ0v) is 16.3. The van der Waals surface area contributed by atoms with Gasteiger partial charge in [-0.05, 0) is 30.7 Å². The largest absolute Gasteiger partial charge is 0.356 e. The fourth-order valence-corrected chi connectivity index (χ4v) is 3.66. The lowest BCUT2D eigenvalue weighted by Crippen LogP contribution is -2.52. The summed E-state index contributed by atoms with van der Waals surface area (Å²) in [5.41, 5.74) is 2.24. The van der Waals surface area contributed by atoms with E-state index in [1.165, 1.54) is 5.52 Å². The van der Waals surface area contributed by atoms with Crippen molar-refractivity contribution >= 4 is 22.8 Å². The summed E-state index contributed by atoms with van der Waals surface area (Å²) in [7, 11) is 1.86. The summed E-state index contributed by atoms with van der Waals surface area (Å²) >= 11 is 0. The number of para-hydroxylation sites is 2. The molecule has 0 aliphatic carbocycles. The van der Waals surface area contributed by atoms with Crippen LogP contribution >= 0.6 is 0 Å². The average Bonchev–Trinajstić information content (AvgIpc) is 3.18. The van der Waals surface area contributed by atoms with E-state index in [1.807, 2.05) is 37.8 Å². The topological polar surface area (TPSA) is 61.6 Å². The molecule has 0 amide bonds. The predicted molar refractivity (Wildman–Crippen MR) is 114 cm³/mol. The van der Waals surface area contributed by atoms with Gasteiger partial charge < -0.3 is 19.7 Å². The van der Waals surface area contributed by atoms with Crippen LogP contribution in [0.2, 0.25) is 0 Å². The molecule has 0 spiro atoms. The molecule has 1 N–H and O–H groups in total. The van der Waals surface area contributed by atoms with E-state index in [0.29, 0.717) is 0 Å². The molecule has 1 aliphatic rings. The first-order valence-corrected chi connectivity index (χ1v) is 9.86. The molecule has 1 fully saturated rings. The molecule has 7 heteroatoms. The van der Waals surface area contributed by atoms with Crippen LogP contribution in [0.15, 0.2) is 60.0 Å². The molecule has 3 aromatic rings. The number of imidazole rings is 1. The summed E-state index contributed by atoms with van der Waals surface area (Å²) in [5, 5.41) is 3.51. The summed E-state index contributed by atoms with van der Waals surface area (Å²) < 4.78 is 2.21. The second kappa shape index (κ2) is 8.73. The minimum absolute atomic E-state index is 0.889. The summed E-state index contributed by atoms with van der Waals surface area (Å²) in [6, 6.07) is 14.3. The summed E-state index contributed by atoms with van der Waals surface area (Å²) in [6.45, 7) is 5.64. The van der Waals surface area contributed by atoms with Gasteiger partial charge in [-0.2, -0.15) is 0 Å². The van der Waals surface area contributed by atoms with Crippen LogP contribution in [0.1, 0.15) is 6.42 Å². The van der Waals surface area contributed by atoms with Gasteiger partial charge in [0, 0.05) is 52.5 Å². The summed E-state index contributed by atoms with van der Waals surface area (Å²) in [6.07, 6.45) is 4.80. The number of hydrogen-bond acceptors (Lipinski definition) is 4. The highest BCUT2D eigenvalue weighted by atomic mass is 15.4. The quantitative estimate of drug-likeness (QED) is 0.420. The average molecular weight is 377 g/mol. The number of aliphatic imine (C=N–C) groups is 1. The van der Waals surface area contributed by atoms with Gasteiger partial charge in [0.05, 0.1) is 17.4 Å². The molecule has 0 radical (unpaired) electrons. The number of benzene rings is 1. The van der Waals surface area contributed by atoms with Crippen molar-refractivity contribution in [3.63, 3.8) is 0 Å². The number of piperazine rings is 1. The van der Waals surface area contributed by atoms with Crippen molar-refractivity contribution in [1.29, 1.82) is 0 Å².